The number of nitrogens with zero attached hydrogens (tertiary/aromatic N) is 1. The SMILES string of the molecule is CCOc1cc(/C=C/C(=O)c2ccc(N3CCC(O)CC3)cc2)ccc1OC. The van der Waals surface area contributed by atoms with Crippen LogP contribution in [-0.2, 0) is 0 Å². The van der Waals surface area contributed by atoms with E-state index in [1.165, 1.54) is 0 Å². The van der Waals surface area contributed by atoms with Gasteiger partial charge in [0.05, 0.1) is 19.8 Å². The molecule has 0 saturated carbocycles. The maximum atomic E-state index is 12.5. The summed E-state index contributed by atoms with van der Waals surface area (Å²) < 4.78 is 10.9. The molecule has 1 aliphatic rings. The van der Waals surface area contributed by atoms with E-state index in [4.69, 9.17) is 9.47 Å². The van der Waals surface area contributed by atoms with Crippen molar-refractivity contribution < 1.29 is 19.4 Å². The van der Waals surface area contributed by atoms with Crippen molar-refractivity contribution in [3.63, 3.8) is 0 Å². The van der Waals surface area contributed by atoms with E-state index >= 15 is 0 Å². The Bertz CT molecular complexity index is 821. The van der Waals surface area contributed by atoms with Crippen LogP contribution in [0.25, 0.3) is 6.08 Å². The monoisotopic (exact) mass is 381 g/mol. The van der Waals surface area contributed by atoms with Crippen molar-refractivity contribution in [3.05, 3.63) is 59.7 Å². The maximum Gasteiger partial charge on any atom is 0.185 e. The number of rotatable bonds is 7. The number of ketones is 1. The quantitative estimate of drug-likeness (QED) is 0.581. The largest absolute Gasteiger partial charge is 0.493 e. The lowest BCUT2D eigenvalue weighted by Crippen LogP contribution is -2.35. The number of anilines is 1. The molecule has 0 atom stereocenters. The lowest BCUT2D eigenvalue weighted by molar-refractivity contribution is 0.104. The number of benzene rings is 2. The first-order chi connectivity index (χ1) is 13.6. The van der Waals surface area contributed by atoms with Gasteiger partial charge in [-0.05, 0) is 67.8 Å². The van der Waals surface area contributed by atoms with Gasteiger partial charge in [-0.2, -0.15) is 0 Å². The molecule has 0 amide bonds. The minimum atomic E-state index is -0.191. The molecule has 5 nitrogen and oxygen atoms in total. The Labute approximate surface area is 166 Å². The number of hydrogen-bond acceptors (Lipinski definition) is 5. The van der Waals surface area contributed by atoms with E-state index in [9.17, 15) is 9.90 Å². The highest BCUT2D eigenvalue weighted by molar-refractivity contribution is 6.07. The summed E-state index contributed by atoms with van der Waals surface area (Å²) in [5.74, 6) is 1.29. The predicted octanol–water partition coefficient (Wildman–Crippen LogP) is 3.95. The Morgan fingerprint density at radius 2 is 1.86 bits per heavy atom. The second-order valence-corrected chi connectivity index (χ2v) is 6.81. The van der Waals surface area contributed by atoms with Crippen molar-refractivity contribution in [2.75, 3.05) is 31.7 Å². The zero-order valence-electron chi connectivity index (χ0n) is 16.4. The highest BCUT2D eigenvalue weighted by Gasteiger charge is 2.17. The molecule has 148 valence electrons. The third-order valence-electron chi connectivity index (χ3n) is 4.90. The van der Waals surface area contributed by atoms with Crippen molar-refractivity contribution in [1.29, 1.82) is 0 Å². The number of hydrogen-bond donors (Lipinski definition) is 1. The number of ether oxygens (including phenoxy) is 2. The van der Waals surface area contributed by atoms with Gasteiger partial charge in [0.15, 0.2) is 17.3 Å². The smallest absolute Gasteiger partial charge is 0.185 e. The highest BCUT2D eigenvalue weighted by Crippen LogP contribution is 2.28. The van der Waals surface area contributed by atoms with E-state index in [-0.39, 0.29) is 11.9 Å². The van der Waals surface area contributed by atoms with E-state index in [1.54, 1.807) is 19.3 Å². The molecule has 0 aromatic heterocycles. The molecule has 2 aromatic rings. The van der Waals surface area contributed by atoms with Gasteiger partial charge >= 0.3 is 0 Å². The lowest BCUT2D eigenvalue weighted by atomic mass is 10.1. The van der Waals surface area contributed by atoms with Crippen molar-refractivity contribution in [1.82, 2.24) is 0 Å². The third kappa shape index (κ3) is 4.93. The molecule has 5 heteroatoms. The van der Waals surface area contributed by atoms with Crippen LogP contribution in [0.1, 0.15) is 35.7 Å². The molecule has 3 rings (SSSR count). The van der Waals surface area contributed by atoms with Crippen LogP contribution in [0.2, 0.25) is 0 Å². The van der Waals surface area contributed by atoms with Gasteiger partial charge in [0.25, 0.3) is 0 Å². The second-order valence-electron chi connectivity index (χ2n) is 6.81. The van der Waals surface area contributed by atoms with E-state index in [2.05, 4.69) is 4.90 Å². The molecule has 0 radical (unpaired) electrons. The van der Waals surface area contributed by atoms with E-state index in [0.29, 0.717) is 23.7 Å². The zero-order chi connectivity index (χ0) is 19.9. The summed E-state index contributed by atoms with van der Waals surface area (Å²) in [5.41, 5.74) is 2.61. The molecule has 1 saturated heterocycles. The average Bonchev–Trinajstić information content (AvgIpc) is 2.73. The van der Waals surface area contributed by atoms with Crippen LogP contribution in [0.15, 0.2) is 48.5 Å². The molecule has 0 aliphatic carbocycles. The van der Waals surface area contributed by atoms with Crippen LogP contribution < -0.4 is 14.4 Å². The molecular formula is C23H27NO4. The molecule has 28 heavy (non-hydrogen) atoms. The molecule has 1 heterocycles. The third-order valence-corrected chi connectivity index (χ3v) is 4.90. The summed E-state index contributed by atoms with van der Waals surface area (Å²) in [6.07, 6.45) is 4.74. The summed E-state index contributed by atoms with van der Waals surface area (Å²) in [4.78, 5) is 14.7. The minimum absolute atomic E-state index is 0.0469. The Balaban J connectivity index is 1.66. The van der Waals surface area contributed by atoms with E-state index in [0.717, 1.165) is 37.2 Å². The molecular weight excluding hydrogens is 354 g/mol. The first kappa shape index (κ1) is 20.0. The molecule has 1 fully saturated rings. The Kier molecular flexibility index (Phi) is 6.71. The number of methoxy groups -OCH3 is 1. The number of aliphatic hydroxyl groups excluding tert-OH is 1. The van der Waals surface area contributed by atoms with Gasteiger partial charge in [-0.3, -0.25) is 4.79 Å². The number of carbonyl (C=O) groups is 1. The van der Waals surface area contributed by atoms with Crippen LogP contribution in [0.4, 0.5) is 5.69 Å². The highest BCUT2D eigenvalue weighted by atomic mass is 16.5. The summed E-state index contributed by atoms with van der Waals surface area (Å²) in [5, 5.41) is 9.63. The average molecular weight is 381 g/mol. The van der Waals surface area contributed by atoms with Crippen LogP contribution in [0, 0.1) is 0 Å². The van der Waals surface area contributed by atoms with Crippen molar-refractivity contribution in [3.8, 4) is 11.5 Å². The lowest BCUT2D eigenvalue weighted by Gasteiger charge is -2.31. The number of allylic oxidation sites excluding steroid dienone is 1. The van der Waals surface area contributed by atoms with Crippen LogP contribution in [-0.4, -0.2) is 43.8 Å². The molecule has 0 spiro atoms. The van der Waals surface area contributed by atoms with E-state index in [1.807, 2.05) is 49.4 Å². The number of carbonyl (C=O) groups excluding carboxylic acids is 1. The van der Waals surface area contributed by atoms with Gasteiger partial charge in [0.2, 0.25) is 0 Å². The molecule has 2 aromatic carbocycles. The van der Waals surface area contributed by atoms with Gasteiger partial charge in [0.1, 0.15) is 0 Å². The number of aliphatic hydroxyl groups is 1. The Morgan fingerprint density at radius 3 is 2.50 bits per heavy atom. The summed E-state index contributed by atoms with van der Waals surface area (Å²) in [7, 11) is 1.60. The topological polar surface area (TPSA) is 59.0 Å². The van der Waals surface area contributed by atoms with Gasteiger partial charge in [-0.1, -0.05) is 12.1 Å². The molecule has 0 unspecified atom stereocenters. The fourth-order valence-electron chi connectivity index (χ4n) is 3.29. The first-order valence-corrected chi connectivity index (χ1v) is 9.67. The molecule has 0 bridgehead atoms. The Morgan fingerprint density at radius 1 is 1.14 bits per heavy atom. The normalized spacial score (nSPS) is 15.0. The summed E-state index contributed by atoms with van der Waals surface area (Å²) in [6.45, 7) is 4.15. The standard InChI is InChI=1S/C23H27NO4/c1-3-28-23-16-17(5-11-22(23)27-2)4-10-21(26)18-6-8-19(9-7-18)24-14-12-20(25)13-15-24/h4-11,16,20,25H,3,12-15H2,1-2H3/b10-4+. The predicted molar refractivity (Wildman–Crippen MR) is 111 cm³/mol. The Hall–Kier alpha value is -2.79. The van der Waals surface area contributed by atoms with Crippen LogP contribution in [0.5, 0.6) is 11.5 Å². The van der Waals surface area contributed by atoms with Crippen LogP contribution >= 0.6 is 0 Å². The fourth-order valence-corrected chi connectivity index (χ4v) is 3.29. The van der Waals surface area contributed by atoms with E-state index < -0.39 is 0 Å². The van der Waals surface area contributed by atoms with Gasteiger partial charge in [-0.25, -0.2) is 0 Å². The summed E-state index contributed by atoms with van der Waals surface area (Å²) >= 11 is 0. The van der Waals surface area contributed by atoms with Crippen LogP contribution in [0.3, 0.4) is 0 Å². The molecule has 1 aliphatic heterocycles. The maximum absolute atomic E-state index is 12.5. The first-order valence-electron chi connectivity index (χ1n) is 9.67. The van der Waals surface area contributed by atoms with Gasteiger partial charge in [0, 0.05) is 24.3 Å². The zero-order valence-corrected chi connectivity index (χ0v) is 16.4. The van der Waals surface area contributed by atoms with Gasteiger partial charge < -0.3 is 19.5 Å². The van der Waals surface area contributed by atoms with Gasteiger partial charge in [-0.15, -0.1) is 0 Å². The van der Waals surface area contributed by atoms with Crippen molar-refractivity contribution >= 4 is 17.5 Å². The van der Waals surface area contributed by atoms with Crippen molar-refractivity contribution in [2.24, 2.45) is 0 Å². The second kappa shape index (κ2) is 9.42. The fraction of sp³-hybridized carbons (Fsp3) is 0.348. The summed E-state index contributed by atoms with van der Waals surface area (Å²) in [6, 6.07) is 13.2. The molecule has 1 N–H and O–H groups in total. The minimum Gasteiger partial charge on any atom is -0.493 e. The van der Waals surface area contributed by atoms with Crippen molar-refractivity contribution in [2.45, 2.75) is 25.9 Å². The number of piperidine rings is 1.